The zero-order chi connectivity index (χ0) is 21.8. The first-order valence-corrected chi connectivity index (χ1v) is 15.2. The van der Waals surface area contributed by atoms with Gasteiger partial charge in [0.1, 0.15) is 17.7 Å². The Balaban J connectivity index is 0.000000730. The molecule has 2 atom stereocenters. The minimum Gasteiger partial charge on any atom is -0.355 e. The van der Waals surface area contributed by atoms with Gasteiger partial charge in [0.15, 0.2) is 5.82 Å². The third-order valence-electron chi connectivity index (χ3n) is 5.93. The molecule has 2 N–H and O–H groups in total. The maximum Gasteiger partial charge on any atom is 0.174 e. The van der Waals surface area contributed by atoms with Gasteiger partial charge in [0.05, 0.1) is 24.0 Å². The number of hydrazine groups is 1. The van der Waals surface area contributed by atoms with Crippen molar-refractivity contribution in [3.63, 3.8) is 0 Å². The van der Waals surface area contributed by atoms with Crippen LogP contribution in [0, 0.1) is 0 Å². The fourth-order valence-electron chi connectivity index (χ4n) is 4.55. The number of aryl methyl sites for hydroxylation is 1. The number of hydrogen-bond donors (Lipinski definition) is 1. The van der Waals surface area contributed by atoms with Crippen molar-refractivity contribution in [3.8, 4) is 0 Å². The van der Waals surface area contributed by atoms with E-state index in [-0.39, 0.29) is 6.17 Å². The highest BCUT2D eigenvalue weighted by molar-refractivity contribution is 14.2. The van der Waals surface area contributed by atoms with Crippen LogP contribution in [-0.2, 0) is 6.42 Å². The van der Waals surface area contributed by atoms with Crippen molar-refractivity contribution in [1.29, 1.82) is 0 Å². The Morgan fingerprint density at radius 3 is 2.68 bits per heavy atom. The molecule has 0 aliphatic carbocycles. The predicted octanol–water partition coefficient (Wildman–Crippen LogP) is 3.89. The molecule has 168 valence electrons. The lowest BCUT2D eigenvalue weighted by atomic mass is 10.1. The molecule has 0 amide bonds. The minimum absolute atomic E-state index is 0.0726. The van der Waals surface area contributed by atoms with Gasteiger partial charge in [0.2, 0.25) is 0 Å². The minimum atomic E-state index is 0.0726. The largest absolute Gasteiger partial charge is 0.355 e. The molecule has 0 spiro atoms. The second kappa shape index (κ2) is 10.6. The topological polar surface area (TPSA) is 77.6 Å². The van der Waals surface area contributed by atoms with Crippen LogP contribution in [0.25, 0.3) is 0 Å². The van der Waals surface area contributed by atoms with Gasteiger partial charge < -0.3 is 15.5 Å². The Morgan fingerprint density at radius 2 is 1.94 bits per heavy atom. The molecule has 0 aromatic carbocycles. The molecule has 8 nitrogen and oxygen atoms in total. The summed E-state index contributed by atoms with van der Waals surface area (Å²) in [6.45, 7) is 5.84. The molecule has 1 saturated heterocycles. The maximum atomic E-state index is 5.09. The summed E-state index contributed by atoms with van der Waals surface area (Å²) in [6.07, 6.45) is 10.5. The lowest BCUT2D eigenvalue weighted by molar-refractivity contribution is 0.272. The SMILES string of the molecule is CCN.CN1C(N2CCCc3ncccc32)c2ncc(N3CCCCC3)nc2N1PI. The standard InChI is InChI=1S/C19H25IN7P.C2H7N/c1-24-19(26-12-6-7-14-15(26)8-5-9-21-14)17-18(27(24)28-20)23-16(13-22-17)25-10-3-2-4-11-25;1-2-3/h5,8-9,13,19,28H,2-4,6-7,10-12H2,1H3;2-3H2,1H3. The van der Waals surface area contributed by atoms with E-state index in [4.69, 9.17) is 15.7 Å². The van der Waals surface area contributed by atoms with Crippen LogP contribution in [-0.4, -0.2) is 53.2 Å². The molecule has 10 heteroatoms. The summed E-state index contributed by atoms with van der Waals surface area (Å²) in [5.41, 5.74) is 8.33. The first-order chi connectivity index (χ1) is 15.2. The van der Waals surface area contributed by atoms with Crippen molar-refractivity contribution in [2.24, 2.45) is 5.73 Å². The molecule has 0 saturated carbocycles. The van der Waals surface area contributed by atoms with E-state index in [0.717, 1.165) is 56.4 Å². The molecule has 0 radical (unpaired) electrons. The highest BCUT2D eigenvalue weighted by atomic mass is 127. The molecule has 0 bridgehead atoms. The number of nitrogens with two attached hydrogens (primary N) is 1. The van der Waals surface area contributed by atoms with Crippen LogP contribution in [0.1, 0.15) is 50.2 Å². The highest BCUT2D eigenvalue weighted by Gasteiger charge is 2.42. The smallest absolute Gasteiger partial charge is 0.174 e. The summed E-state index contributed by atoms with van der Waals surface area (Å²) in [5.74, 6) is 2.03. The summed E-state index contributed by atoms with van der Waals surface area (Å²) < 4.78 is 2.28. The van der Waals surface area contributed by atoms with Gasteiger partial charge in [0.25, 0.3) is 0 Å². The van der Waals surface area contributed by atoms with Crippen LogP contribution < -0.4 is 20.3 Å². The molecule has 2 unspecified atom stereocenters. The van der Waals surface area contributed by atoms with Gasteiger partial charge in [-0.25, -0.2) is 9.97 Å². The number of pyridine rings is 1. The molecule has 2 aromatic heterocycles. The zero-order valence-electron chi connectivity index (χ0n) is 18.3. The predicted molar refractivity (Wildman–Crippen MR) is 138 cm³/mol. The average molecular weight is 554 g/mol. The number of halogens is 1. The van der Waals surface area contributed by atoms with Gasteiger partial charge in [-0.15, -0.1) is 0 Å². The second-order valence-corrected chi connectivity index (χ2v) is 10.0. The molecular weight excluding hydrogens is 522 g/mol. The summed E-state index contributed by atoms with van der Waals surface area (Å²) in [4.78, 5) is 19.5. The van der Waals surface area contributed by atoms with Crippen molar-refractivity contribution in [2.75, 3.05) is 47.8 Å². The molecule has 31 heavy (non-hydrogen) atoms. The van der Waals surface area contributed by atoms with Crippen LogP contribution in [0.3, 0.4) is 0 Å². The summed E-state index contributed by atoms with van der Waals surface area (Å²) in [6, 6.07) is 4.23. The number of aromatic nitrogens is 3. The fourth-order valence-corrected chi connectivity index (χ4v) is 6.73. The van der Waals surface area contributed by atoms with Gasteiger partial charge in [-0.1, -0.05) is 6.92 Å². The summed E-state index contributed by atoms with van der Waals surface area (Å²) >= 11 is 2.45. The quantitative estimate of drug-likeness (QED) is 0.453. The van der Waals surface area contributed by atoms with Crippen LogP contribution in [0.5, 0.6) is 0 Å². The lowest BCUT2D eigenvalue weighted by Gasteiger charge is -2.39. The number of piperidine rings is 1. The van der Waals surface area contributed by atoms with Crippen LogP contribution in [0.2, 0.25) is 0 Å². The normalized spacial score (nSPS) is 21.2. The molecular formula is C21H32IN8P. The zero-order valence-corrected chi connectivity index (χ0v) is 21.5. The number of nitrogens with zero attached hydrogens (tertiary/aromatic N) is 7. The van der Waals surface area contributed by atoms with Crippen LogP contribution >= 0.6 is 28.4 Å². The lowest BCUT2D eigenvalue weighted by Crippen LogP contribution is -2.43. The van der Waals surface area contributed by atoms with Gasteiger partial charge >= 0.3 is 0 Å². The van der Waals surface area contributed by atoms with E-state index in [0.29, 0.717) is 6.37 Å². The Hall–Kier alpha value is -1.29. The molecule has 3 aliphatic rings. The van der Waals surface area contributed by atoms with E-state index in [2.05, 4.69) is 59.7 Å². The van der Waals surface area contributed by atoms with Crippen molar-refractivity contribution in [2.45, 2.75) is 45.2 Å². The van der Waals surface area contributed by atoms with E-state index in [1.165, 1.54) is 30.6 Å². The number of hydrogen-bond acceptors (Lipinski definition) is 8. The third-order valence-corrected chi connectivity index (χ3v) is 7.99. The summed E-state index contributed by atoms with van der Waals surface area (Å²) in [7, 11) is 2.16. The van der Waals surface area contributed by atoms with Crippen molar-refractivity contribution >= 4 is 45.7 Å². The van der Waals surface area contributed by atoms with Crippen molar-refractivity contribution in [3.05, 3.63) is 35.9 Å². The van der Waals surface area contributed by atoms with E-state index in [1.807, 2.05) is 25.4 Å². The number of rotatable bonds is 3. The highest BCUT2D eigenvalue weighted by Crippen LogP contribution is 2.48. The second-order valence-electron chi connectivity index (χ2n) is 8.00. The first kappa shape index (κ1) is 22.9. The van der Waals surface area contributed by atoms with Gasteiger partial charge in [-0.3, -0.25) is 9.76 Å². The third kappa shape index (κ3) is 4.60. The summed E-state index contributed by atoms with van der Waals surface area (Å²) in [5, 5.41) is 2.30. The molecule has 2 aromatic rings. The average Bonchev–Trinajstić information content (AvgIpc) is 3.10. The van der Waals surface area contributed by atoms with E-state index >= 15 is 0 Å². The number of anilines is 3. The van der Waals surface area contributed by atoms with Crippen molar-refractivity contribution < 1.29 is 0 Å². The Morgan fingerprint density at radius 1 is 1.16 bits per heavy atom. The van der Waals surface area contributed by atoms with Crippen LogP contribution in [0.4, 0.5) is 17.3 Å². The monoisotopic (exact) mass is 554 g/mol. The van der Waals surface area contributed by atoms with Crippen LogP contribution in [0.15, 0.2) is 24.5 Å². The van der Waals surface area contributed by atoms with Gasteiger partial charge in [-0.05, 0) is 72.8 Å². The van der Waals surface area contributed by atoms with E-state index in [9.17, 15) is 0 Å². The van der Waals surface area contributed by atoms with Gasteiger partial charge in [0, 0.05) is 32.9 Å². The molecule has 1 fully saturated rings. The Kier molecular flexibility index (Phi) is 7.79. The maximum absolute atomic E-state index is 5.09. The van der Waals surface area contributed by atoms with Gasteiger partial charge in [-0.2, -0.15) is 5.01 Å². The molecule has 3 aliphatic heterocycles. The first-order valence-electron chi connectivity index (χ1n) is 11.1. The Labute approximate surface area is 199 Å². The van der Waals surface area contributed by atoms with E-state index < -0.39 is 0 Å². The van der Waals surface area contributed by atoms with Crippen molar-refractivity contribution in [1.82, 2.24) is 20.0 Å². The molecule has 5 heterocycles. The van der Waals surface area contributed by atoms with E-state index in [1.54, 1.807) is 0 Å². The number of fused-ring (bicyclic) bond motifs is 2. The Bertz CT molecular complexity index is 878. The molecule has 5 rings (SSSR count). The fraction of sp³-hybridized carbons (Fsp3) is 0.571.